The Labute approximate surface area is 176 Å². The molecular weight excluding hydrogens is 408 g/mol. The third kappa shape index (κ3) is 4.96. The average molecular weight is 435 g/mol. The molecule has 1 amide bonds. The Hall–Kier alpha value is -2.94. The minimum Gasteiger partial charge on any atom is -0.493 e. The van der Waals surface area contributed by atoms with Crippen molar-refractivity contribution in [1.82, 2.24) is 5.32 Å². The van der Waals surface area contributed by atoms with E-state index in [-0.39, 0.29) is 18.9 Å². The lowest BCUT2D eigenvalue weighted by Gasteiger charge is -2.20. The first-order valence-corrected chi connectivity index (χ1v) is 11.4. The molecule has 9 heteroatoms. The fraction of sp³-hybridized carbons (Fsp3) is 0.381. The lowest BCUT2D eigenvalue weighted by atomic mass is 10.1. The van der Waals surface area contributed by atoms with Gasteiger partial charge in [0.1, 0.15) is 5.75 Å². The van der Waals surface area contributed by atoms with Crippen LogP contribution < -0.4 is 23.8 Å². The second-order valence-corrected chi connectivity index (χ2v) is 8.84. The van der Waals surface area contributed by atoms with Gasteiger partial charge >= 0.3 is 0 Å². The Morgan fingerprint density at radius 2 is 1.90 bits per heavy atom. The lowest BCUT2D eigenvalue weighted by Crippen LogP contribution is -2.40. The van der Waals surface area contributed by atoms with Gasteiger partial charge in [-0.3, -0.25) is 9.10 Å². The molecular formula is C21H26N2O6S. The minimum absolute atomic E-state index is 0.170. The number of amides is 1. The molecule has 1 aliphatic heterocycles. The Morgan fingerprint density at radius 1 is 1.17 bits per heavy atom. The summed E-state index contributed by atoms with van der Waals surface area (Å²) in [6.45, 7) is 0.579. The largest absolute Gasteiger partial charge is 0.493 e. The summed E-state index contributed by atoms with van der Waals surface area (Å²) in [5.74, 6) is 1.37. The number of sulfonamides is 1. The van der Waals surface area contributed by atoms with Gasteiger partial charge in [0.25, 0.3) is 5.91 Å². The molecule has 30 heavy (non-hydrogen) atoms. The van der Waals surface area contributed by atoms with Crippen LogP contribution in [0.4, 0.5) is 5.69 Å². The van der Waals surface area contributed by atoms with E-state index in [1.807, 2.05) is 18.2 Å². The molecule has 1 N–H and O–H groups in total. The molecule has 1 atom stereocenters. The molecule has 0 aromatic heterocycles. The van der Waals surface area contributed by atoms with E-state index >= 15 is 0 Å². The number of ether oxygens (including phenoxy) is 3. The molecule has 0 bridgehead atoms. The van der Waals surface area contributed by atoms with Crippen molar-refractivity contribution < 1.29 is 27.4 Å². The molecule has 0 saturated heterocycles. The number of nitrogens with zero attached hydrogens (tertiary/aromatic N) is 1. The maximum atomic E-state index is 12.7. The quantitative estimate of drug-likeness (QED) is 0.716. The van der Waals surface area contributed by atoms with Crippen LogP contribution in [0.3, 0.4) is 0 Å². The summed E-state index contributed by atoms with van der Waals surface area (Å²) < 4.78 is 42.0. The molecule has 3 rings (SSSR count). The van der Waals surface area contributed by atoms with Crippen LogP contribution in [0.2, 0.25) is 0 Å². The second kappa shape index (κ2) is 9.25. The number of carbonyl (C=O) groups is 1. The number of nitrogens with one attached hydrogen (secondary N) is 1. The zero-order valence-corrected chi connectivity index (χ0v) is 18.1. The van der Waals surface area contributed by atoms with E-state index in [0.29, 0.717) is 35.9 Å². The van der Waals surface area contributed by atoms with Crippen LogP contribution in [0, 0.1) is 0 Å². The first-order valence-electron chi connectivity index (χ1n) is 9.55. The van der Waals surface area contributed by atoms with E-state index in [4.69, 9.17) is 14.2 Å². The highest BCUT2D eigenvalue weighted by molar-refractivity contribution is 7.92. The molecule has 2 aromatic rings. The molecule has 1 heterocycles. The monoisotopic (exact) mass is 434 g/mol. The molecule has 0 unspecified atom stereocenters. The van der Waals surface area contributed by atoms with Crippen molar-refractivity contribution in [2.45, 2.75) is 18.9 Å². The number of fused-ring (bicyclic) bond motifs is 1. The highest BCUT2D eigenvalue weighted by Gasteiger charge is 2.30. The van der Waals surface area contributed by atoms with Gasteiger partial charge < -0.3 is 19.5 Å². The number of carbonyl (C=O) groups excluding carboxylic acids is 1. The minimum atomic E-state index is -3.48. The molecule has 8 nitrogen and oxygen atoms in total. The highest BCUT2D eigenvalue weighted by atomic mass is 32.2. The van der Waals surface area contributed by atoms with E-state index in [1.165, 1.54) is 4.31 Å². The van der Waals surface area contributed by atoms with Gasteiger partial charge in [-0.05, 0) is 36.2 Å². The van der Waals surface area contributed by atoms with E-state index in [1.54, 1.807) is 38.5 Å². The molecule has 0 spiro atoms. The fourth-order valence-corrected chi connectivity index (χ4v) is 4.28. The number of methoxy groups -OCH3 is 2. The first-order chi connectivity index (χ1) is 14.3. The van der Waals surface area contributed by atoms with Crippen molar-refractivity contribution in [3.8, 4) is 17.2 Å². The van der Waals surface area contributed by atoms with Crippen LogP contribution in [-0.4, -0.2) is 54.0 Å². The Balaban J connectivity index is 1.64. The highest BCUT2D eigenvalue weighted by Crippen LogP contribution is 2.33. The van der Waals surface area contributed by atoms with E-state index in [2.05, 4.69) is 5.32 Å². The molecule has 162 valence electrons. The Morgan fingerprint density at radius 3 is 2.60 bits per heavy atom. The molecule has 1 aliphatic rings. The number of hydrogen-bond donors (Lipinski definition) is 1. The summed E-state index contributed by atoms with van der Waals surface area (Å²) >= 11 is 0. The average Bonchev–Trinajstić information content (AvgIpc) is 2.93. The van der Waals surface area contributed by atoms with Gasteiger partial charge in [0.15, 0.2) is 17.6 Å². The number of anilines is 1. The number of para-hydroxylation sites is 2. The van der Waals surface area contributed by atoms with Crippen molar-refractivity contribution in [1.29, 1.82) is 0 Å². The van der Waals surface area contributed by atoms with Crippen LogP contribution in [0.1, 0.15) is 12.0 Å². The Bertz CT molecular complexity index is 1010. The van der Waals surface area contributed by atoms with Crippen LogP contribution >= 0.6 is 0 Å². The van der Waals surface area contributed by atoms with E-state index in [0.717, 1.165) is 11.8 Å². The molecule has 0 radical (unpaired) electrons. The van der Waals surface area contributed by atoms with E-state index in [9.17, 15) is 13.2 Å². The van der Waals surface area contributed by atoms with Crippen LogP contribution in [0.5, 0.6) is 17.2 Å². The van der Waals surface area contributed by atoms with Crippen molar-refractivity contribution in [3.05, 3.63) is 48.0 Å². The van der Waals surface area contributed by atoms with Crippen LogP contribution in [0.25, 0.3) is 0 Å². The summed E-state index contributed by atoms with van der Waals surface area (Å²) in [6, 6.07) is 12.4. The Kier molecular flexibility index (Phi) is 6.71. The topological polar surface area (TPSA) is 94.2 Å². The summed E-state index contributed by atoms with van der Waals surface area (Å²) in [5.41, 5.74) is 1.43. The van der Waals surface area contributed by atoms with Gasteiger partial charge in [0.05, 0.1) is 26.2 Å². The first kappa shape index (κ1) is 21.8. The van der Waals surface area contributed by atoms with Crippen molar-refractivity contribution in [2.75, 3.05) is 37.9 Å². The lowest BCUT2D eigenvalue weighted by molar-refractivity contribution is -0.128. The maximum absolute atomic E-state index is 12.7. The normalized spacial score (nSPS) is 16.1. The molecule has 2 aromatic carbocycles. The SMILES string of the molecule is COc1ccc(CCNC(=O)[C@H]2CCN(S(C)(=O)=O)c3ccccc3O2)cc1OC. The van der Waals surface area contributed by atoms with Crippen molar-refractivity contribution in [2.24, 2.45) is 0 Å². The zero-order valence-electron chi connectivity index (χ0n) is 17.3. The van der Waals surface area contributed by atoms with Crippen LogP contribution in [-0.2, 0) is 21.2 Å². The number of rotatable bonds is 7. The van der Waals surface area contributed by atoms with Crippen LogP contribution in [0.15, 0.2) is 42.5 Å². The molecule has 0 fully saturated rings. The van der Waals surface area contributed by atoms with Gasteiger partial charge in [-0.2, -0.15) is 0 Å². The van der Waals surface area contributed by atoms with Gasteiger partial charge in [0.2, 0.25) is 10.0 Å². The van der Waals surface area contributed by atoms with E-state index < -0.39 is 16.1 Å². The molecule has 0 aliphatic carbocycles. The summed E-state index contributed by atoms with van der Waals surface area (Å²) in [4.78, 5) is 12.7. The third-order valence-electron chi connectivity index (χ3n) is 4.85. The summed E-state index contributed by atoms with van der Waals surface area (Å²) in [7, 11) is -0.327. The molecule has 0 saturated carbocycles. The fourth-order valence-electron chi connectivity index (χ4n) is 3.34. The second-order valence-electron chi connectivity index (χ2n) is 6.93. The van der Waals surface area contributed by atoms with Crippen molar-refractivity contribution in [3.63, 3.8) is 0 Å². The smallest absolute Gasteiger partial charge is 0.261 e. The zero-order chi connectivity index (χ0) is 21.7. The third-order valence-corrected chi connectivity index (χ3v) is 6.03. The number of benzene rings is 2. The van der Waals surface area contributed by atoms with Gasteiger partial charge in [0, 0.05) is 19.5 Å². The standard InChI is InChI=1S/C21H26N2O6S/c1-27-18-9-8-15(14-20(18)28-2)10-12-22-21(24)19-11-13-23(30(3,25)26)16-6-4-5-7-17(16)29-19/h4-9,14,19H,10-13H2,1-3H3,(H,22,24)/t19-/m1/s1. The number of hydrogen-bond acceptors (Lipinski definition) is 6. The van der Waals surface area contributed by atoms with Gasteiger partial charge in [-0.25, -0.2) is 8.42 Å². The summed E-state index contributed by atoms with van der Waals surface area (Å²) in [6.07, 6.45) is 1.23. The predicted molar refractivity (Wildman–Crippen MR) is 114 cm³/mol. The van der Waals surface area contributed by atoms with Crippen molar-refractivity contribution >= 4 is 21.6 Å². The van der Waals surface area contributed by atoms with Gasteiger partial charge in [-0.1, -0.05) is 18.2 Å². The predicted octanol–water partition coefficient (Wildman–Crippen LogP) is 1.98. The maximum Gasteiger partial charge on any atom is 0.261 e. The summed E-state index contributed by atoms with van der Waals surface area (Å²) in [5, 5.41) is 2.88. The van der Waals surface area contributed by atoms with Gasteiger partial charge in [-0.15, -0.1) is 0 Å².